The summed E-state index contributed by atoms with van der Waals surface area (Å²) in [7, 11) is 0. The van der Waals surface area contributed by atoms with Gasteiger partial charge >= 0.3 is 0 Å². The van der Waals surface area contributed by atoms with Crippen molar-refractivity contribution in [3.8, 4) is 34.6 Å². The molecular formula is C41H33N7O5. The highest BCUT2D eigenvalue weighted by atomic mass is 16.5. The van der Waals surface area contributed by atoms with Crippen molar-refractivity contribution < 1.29 is 23.9 Å². The summed E-state index contributed by atoms with van der Waals surface area (Å²) in [6.45, 7) is 0.629. The maximum absolute atomic E-state index is 13.1. The second-order valence-electron chi connectivity index (χ2n) is 13.4. The van der Waals surface area contributed by atoms with Crippen LogP contribution in [0.25, 0.3) is 32.9 Å². The van der Waals surface area contributed by atoms with Gasteiger partial charge in [0, 0.05) is 94.6 Å². The first-order valence-corrected chi connectivity index (χ1v) is 17.6. The zero-order chi connectivity index (χ0) is 35.9. The number of nitrogens with zero attached hydrogens (tertiary/aromatic N) is 4. The first-order valence-electron chi connectivity index (χ1n) is 17.6. The lowest BCUT2D eigenvalue weighted by Gasteiger charge is -2.34. The molecule has 1 saturated heterocycles. The van der Waals surface area contributed by atoms with E-state index >= 15 is 0 Å². The zero-order valence-electron chi connectivity index (χ0n) is 28.5. The van der Waals surface area contributed by atoms with Crippen molar-refractivity contribution in [2.45, 2.75) is 50.5 Å². The molecule has 12 nitrogen and oxygen atoms in total. The molecule has 0 bridgehead atoms. The number of hydrogen-bond donors (Lipinski definition) is 3. The predicted molar refractivity (Wildman–Crippen MR) is 197 cm³/mol. The first kappa shape index (κ1) is 32.2. The molecular weight excluding hydrogens is 670 g/mol. The molecule has 2 aliphatic heterocycles. The number of fused-ring (bicyclic) bond motifs is 4. The van der Waals surface area contributed by atoms with Gasteiger partial charge in [0.05, 0.1) is 12.7 Å². The van der Waals surface area contributed by atoms with Gasteiger partial charge in [0.2, 0.25) is 17.7 Å². The number of H-pyrrole nitrogens is 1. The minimum absolute atomic E-state index is 0.0322. The van der Waals surface area contributed by atoms with E-state index in [9.17, 15) is 14.4 Å². The molecule has 12 heteroatoms. The van der Waals surface area contributed by atoms with E-state index in [1.165, 1.54) is 4.90 Å². The number of carbonyl (C=O) groups excluding carboxylic acids is 3. The Labute approximate surface area is 303 Å². The van der Waals surface area contributed by atoms with Gasteiger partial charge in [-0.15, -0.1) is 0 Å². The number of piperidine rings is 1. The van der Waals surface area contributed by atoms with Crippen LogP contribution in [0.1, 0.15) is 47.3 Å². The van der Waals surface area contributed by atoms with Crippen molar-refractivity contribution in [1.29, 1.82) is 0 Å². The van der Waals surface area contributed by atoms with Crippen molar-refractivity contribution in [3.05, 3.63) is 108 Å². The minimum Gasteiger partial charge on any atom is -0.489 e. The highest BCUT2D eigenvalue weighted by molar-refractivity contribution is 6.08. The van der Waals surface area contributed by atoms with Gasteiger partial charge in [0.15, 0.2) is 0 Å². The van der Waals surface area contributed by atoms with Crippen molar-refractivity contribution in [2.24, 2.45) is 0 Å². The summed E-state index contributed by atoms with van der Waals surface area (Å²) >= 11 is 0. The lowest BCUT2D eigenvalue weighted by atomic mass is 9.92. The summed E-state index contributed by atoms with van der Waals surface area (Å²) in [5.74, 6) is 6.46. The SMILES string of the molecule is O=C1CCC(N2Cc3c(NCC#Cc4ccc(OC5CC(Oc6ccc(-c7ccc8c(c7)[nH]c7ccncc78)cn6)C5)cn4)cccc3C2=O)C(=O)N1. The number of nitrogens with one attached hydrogen (secondary N) is 3. The topological polar surface area (TPSA) is 151 Å². The van der Waals surface area contributed by atoms with Crippen LogP contribution in [-0.4, -0.2) is 67.4 Å². The molecule has 262 valence electrons. The van der Waals surface area contributed by atoms with Gasteiger partial charge in [-0.05, 0) is 60.4 Å². The van der Waals surface area contributed by atoms with Gasteiger partial charge in [0.25, 0.3) is 5.91 Å². The molecule has 6 heterocycles. The van der Waals surface area contributed by atoms with Crippen LogP contribution in [0, 0.1) is 11.8 Å². The molecule has 2 aromatic carbocycles. The van der Waals surface area contributed by atoms with Crippen LogP contribution >= 0.6 is 0 Å². The molecule has 1 unspecified atom stereocenters. The van der Waals surface area contributed by atoms with Crippen molar-refractivity contribution >= 4 is 45.2 Å². The minimum atomic E-state index is -0.656. The fourth-order valence-electron chi connectivity index (χ4n) is 7.17. The Balaban J connectivity index is 0.739. The fourth-order valence-corrected chi connectivity index (χ4v) is 7.17. The van der Waals surface area contributed by atoms with Gasteiger partial charge < -0.3 is 24.7 Å². The summed E-state index contributed by atoms with van der Waals surface area (Å²) in [4.78, 5) is 55.3. The summed E-state index contributed by atoms with van der Waals surface area (Å²) in [6.07, 6.45) is 9.30. The molecule has 9 rings (SSSR count). The normalized spacial score (nSPS) is 19.3. The second kappa shape index (κ2) is 13.4. The molecule has 4 aromatic heterocycles. The summed E-state index contributed by atoms with van der Waals surface area (Å²) in [5.41, 5.74) is 6.98. The van der Waals surface area contributed by atoms with E-state index in [1.807, 2.05) is 48.8 Å². The lowest BCUT2D eigenvalue weighted by molar-refractivity contribution is -0.136. The largest absolute Gasteiger partial charge is 0.489 e. The number of anilines is 1. The molecule has 1 aliphatic carbocycles. The van der Waals surface area contributed by atoms with Crippen LogP contribution in [0.3, 0.4) is 0 Å². The molecule has 3 N–H and O–H groups in total. The van der Waals surface area contributed by atoms with E-state index < -0.39 is 11.9 Å². The Kier molecular flexibility index (Phi) is 8.15. The quantitative estimate of drug-likeness (QED) is 0.140. The predicted octanol–water partition coefficient (Wildman–Crippen LogP) is 5.39. The van der Waals surface area contributed by atoms with Crippen LogP contribution < -0.4 is 20.1 Å². The van der Waals surface area contributed by atoms with Gasteiger partial charge in [0.1, 0.15) is 29.7 Å². The molecule has 1 atom stereocenters. The molecule has 53 heavy (non-hydrogen) atoms. The Bertz CT molecular complexity index is 2460. The van der Waals surface area contributed by atoms with Gasteiger partial charge in [-0.1, -0.05) is 24.1 Å². The Morgan fingerprint density at radius 3 is 2.58 bits per heavy atom. The van der Waals surface area contributed by atoms with E-state index in [0.29, 0.717) is 42.4 Å². The molecule has 3 aliphatic rings. The number of imide groups is 1. The van der Waals surface area contributed by atoms with E-state index in [0.717, 1.165) is 57.0 Å². The summed E-state index contributed by atoms with van der Waals surface area (Å²) < 4.78 is 12.2. The number of rotatable bonds is 8. The van der Waals surface area contributed by atoms with Crippen LogP contribution in [0.15, 0.2) is 91.5 Å². The van der Waals surface area contributed by atoms with Crippen molar-refractivity contribution in [3.63, 3.8) is 0 Å². The Hall–Kier alpha value is -6.74. The number of aromatic nitrogens is 4. The van der Waals surface area contributed by atoms with Crippen LogP contribution in [-0.2, 0) is 16.1 Å². The number of ether oxygens (including phenoxy) is 2. The smallest absolute Gasteiger partial charge is 0.255 e. The van der Waals surface area contributed by atoms with E-state index in [1.54, 1.807) is 24.5 Å². The van der Waals surface area contributed by atoms with Gasteiger partial charge in [-0.3, -0.25) is 24.7 Å². The van der Waals surface area contributed by atoms with E-state index in [2.05, 4.69) is 60.6 Å². The average molecular weight is 704 g/mol. The third-order valence-corrected chi connectivity index (χ3v) is 10.0. The van der Waals surface area contributed by atoms with E-state index in [-0.39, 0.29) is 30.4 Å². The van der Waals surface area contributed by atoms with Gasteiger partial charge in [-0.2, -0.15) is 0 Å². The number of hydrogen-bond acceptors (Lipinski definition) is 9. The summed E-state index contributed by atoms with van der Waals surface area (Å²) in [5, 5.41) is 7.89. The number of pyridine rings is 3. The maximum Gasteiger partial charge on any atom is 0.255 e. The molecule has 3 amide bonds. The monoisotopic (exact) mass is 703 g/mol. The molecule has 0 radical (unpaired) electrons. The number of carbonyl (C=O) groups is 3. The first-order chi connectivity index (χ1) is 25.9. The summed E-state index contributed by atoms with van der Waals surface area (Å²) in [6, 6.07) is 20.8. The Morgan fingerprint density at radius 2 is 1.75 bits per heavy atom. The number of amides is 3. The molecule has 2 fully saturated rings. The number of aromatic amines is 1. The molecule has 1 saturated carbocycles. The standard InChI is InChI=1S/C41H33N7O5/c49-38-12-11-37(40(50)47-38)48-23-33-31(41(48)51)4-1-5-34(33)43-15-2-3-26-8-9-27(21-44-26)52-28-18-29(19-28)53-39-13-7-25(20-45-39)24-6-10-30-32-22-42-16-14-35(32)46-36(30)17-24/h1,4-10,13-14,16-17,20-22,28-29,37,43,46H,11-12,15,18-19,23H2,(H,47,49,50). The highest BCUT2D eigenvalue weighted by Crippen LogP contribution is 2.33. The van der Waals surface area contributed by atoms with Gasteiger partial charge in [-0.25, -0.2) is 9.97 Å². The Morgan fingerprint density at radius 1 is 0.868 bits per heavy atom. The average Bonchev–Trinajstić information content (AvgIpc) is 3.70. The van der Waals surface area contributed by atoms with Crippen LogP contribution in [0.2, 0.25) is 0 Å². The van der Waals surface area contributed by atoms with Crippen molar-refractivity contribution in [2.75, 3.05) is 11.9 Å². The fraction of sp³-hybridized carbons (Fsp3) is 0.220. The molecule has 6 aromatic rings. The van der Waals surface area contributed by atoms with Crippen LogP contribution in [0.4, 0.5) is 5.69 Å². The third-order valence-electron chi connectivity index (χ3n) is 10.0. The third kappa shape index (κ3) is 6.38. The lowest BCUT2D eigenvalue weighted by Crippen LogP contribution is -2.52. The second-order valence-corrected chi connectivity index (χ2v) is 13.4. The maximum atomic E-state index is 13.1. The van der Waals surface area contributed by atoms with Crippen molar-refractivity contribution in [1.82, 2.24) is 30.2 Å². The highest BCUT2D eigenvalue weighted by Gasteiger charge is 2.40. The van der Waals surface area contributed by atoms with Crippen LogP contribution in [0.5, 0.6) is 11.6 Å². The molecule has 0 spiro atoms. The zero-order valence-corrected chi connectivity index (χ0v) is 28.5. The number of benzene rings is 2. The van der Waals surface area contributed by atoms with E-state index in [4.69, 9.17) is 9.47 Å².